The lowest BCUT2D eigenvalue weighted by Crippen LogP contribution is -2.38. The van der Waals surface area contributed by atoms with Crippen molar-refractivity contribution < 1.29 is 4.79 Å². The monoisotopic (exact) mass is 264 g/mol. The predicted octanol–water partition coefficient (Wildman–Crippen LogP) is 3.18. The number of amides is 2. The first kappa shape index (κ1) is 11.8. The maximum atomic E-state index is 12.0. The maximum absolute atomic E-state index is 12.0. The van der Waals surface area contributed by atoms with Crippen LogP contribution in [0.25, 0.3) is 0 Å². The maximum Gasteiger partial charge on any atom is 0.318 e. The van der Waals surface area contributed by atoms with Crippen molar-refractivity contribution in [3.05, 3.63) is 34.9 Å². The lowest BCUT2D eigenvalue weighted by Gasteiger charge is -2.30. The molecule has 1 saturated heterocycles. The van der Waals surface area contributed by atoms with E-state index in [0.717, 1.165) is 23.4 Å². The number of rotatable bonds is 2. The highest BCUT2D eigenvalue weighted by atomic mass is 35.5. The van der Waals surface area contributed by atoms with Gasteiger partial charge >= 0.3 is 6.03 Å². The van der Waals surface area contributed by atoms with Gasteiger partial charge in [0.2, 0.25) is 0 Å². The third kappa shape index (κ3) is 2.07. The van der Waals surface area contributed by atoms with Crippen LogP contribution in [0.3, 0.4) is 0 Å². The molecule has 2 amide bonds. The molecule has 1 aromatic rings. The normalized spacial score (nSPS) is 26.9. The van der Waals surface area contributed by atoms with Crippen molar-refractivity contribution >= 4 is 17.6 Å². The predicted molar refractivity (Wildman–Crippen MR) is 71.6 cm³/mol. The molecule has 2 aliphatic rings. The largest absolute Gasteiger partial charge is 0.333 e. The van der Waals surface area contributed by atoms with Crippen LogP contribution in [0, 0.1) is 0 Å². The number of fused-ring (bicyclic) bond motifs is 1. The van der Waals surface area contributed by atoms with E-state index >= 15 is 0 Å². The van der Waals surface area contributed by atoms with Crippen molar-refractivity contribution in [2.45, 2.75) is 44.3 Å². The van der Waals surface area contributed by atoms with Crippen molar-refractivity contribution in [1.29, 1.82) is 0 Å². The van der Waals surface area contributed by atoms with E-state index in [4.69, 9.17) is 11.6 Å². The molecule has 0 unspecified atom stereocenters. The van der Waals surface area contributed by atoms with Gasteiger partial charge in [0.15, 0.2) is 0 Å². The molecule has 1 saturated carbocycles. The van der Waals surface area contributed by atoms with Gasteiger partial charge in [-0.3, -0.25) is 0 Å². The van der Waals surface area contributed by atoms with Gasteiger partial charge in [0, 0.05) is 11.6 Å². The summed E-state index contributed by atoms with van der Waals surface area (Å²) in [6, 6.07) is 8.50. The fourth-order valence-corrected chi connectivity index (χ4v) is 3.24. The number of hydrogen-bond donors (Lipinski definition) is 1. The summed E-state index contributed by atoms with van der Waals surface area (Å²) >= 11 is 6.17. The van der Waals surface area contributed by atoms with Gasteiger partial charge in [0.05, 0.1) is 12.1 Å². The van der Waals surface area contributed by atoms with Crippen LogP contribution < -0.4 is 5.32 Å². The van der Waals surface area contributed by atoms with Crippen molar-refractivity contribution in [3.8, 4) is 0 Å². The number of nitrogens with one attached hydrogen (secondary N) is 1. The molecule has 18 heavy (non-hydrogen) atoms. The van der Waals surface area contributed by atoms with E-state index in [2.05, 4.69) is 5.32 Å². The molecule has 1 aliphatic carbocycles. The molecule has 0 bridgehead atoms. The van der Waals surface area contributed by atoms with Crippen molar-refractivity contribution in [3.63, 3.8) is 0 Å². The van der Waals surface area contributed by atoms with E-state index in [0.29, 0.717) is 18.6 Å². The Bertz CT molecular complexity index is 463. The molecule has 1 aliphatic heterocycles. The third-order valence-electron chi connectivity index (χ3n) is 4.00. The average molecular weight is 265 g/mol. The number of benzene rings is 1. The van der Waals surface area contributed by atoms with Crippen LogP contribution in [-0.2, 0) is 6.54 Å². The smallest absolute Gasteiger partial charge is 0.318 e. The molecule has 3 rings (SSSR count). The average Bonchev–Trinajstić information content (AvgIpc) is 2.69. The fourth-order valence-electron chi connectivity index (χ4n) is 3.04. The summed E-state index contributed by atoms with van der Waals surface area (Å²) in [5.74, 6) is 0. The minimum absolute atomic E-state index is 0.0619. The molecule has 0 radical (unpaired) electrons. The molecule has 0 spiro atoms. The van der Waals surface area contributed by atoms with Gasteiger partial charge in [-0.2, -0.15) is 0 Å². The van der Waals surface area contributed by atoms with Gasteiger partial charge in [-0.1, -0.05) is 42.6 Å². The summed E-state index contributed by atoms with van der Waals surface area (Å²) in [7, 11) is 0. The SMILES string of the molecule is O=C1N[C@H]2CCCC[C@H]2N1Cc1ccccc1Cl. The van der Waals surface area contributed by atoms with E-state index in [1.54, 1.807) is 0 Å². The Kier molecular flexibility index (Phi) is 3.16. The first-order valence-electron chi connectivity index (χ1n) is 6.56. The number of halogens is 1. The van der Waals surface area contributed by atoms with E-state index in [1.165, 1.54) is 12.8 Å². The van der Waals surface area contributed by atoms with Gasteiger partial charge in [-0.25, -0.2) is 4.79 Å². The van der Waals surface area contributed by atoms with Gasteiger partial charge < -0.3 is 10.2 Å². The molecular weight excluding hydrogens is 248 g/mol. The molecule has 4 heteroatoms. The summed E-state index contributed by atoms with van der Waals surface area (Å²) < 4.78 is 0. The number of urea groups is 1. The van der Waals surface area contributed by atoms with Crippen LogP contribution in [0.15, 0.2) is 24.3 Å². The van der Waals surface area contributed by atoms with Gasteiger partial charge in [0.25, 0.3) is 0 Å². The zero-order chi connectivity index (χ0) is 12.5. The van der Waals surface area contributed by atoms with Crippen LogP contribution in [-0.4, -0.2) is 23.0 Å². The van der Waals surface area contributed by atoms with Crippen molar-refractivity contribution in [2.75, 3.05) is 0 Å². The standard InChI is InChI=1S/C14H17ClN2O/c15-11-6-2-1-5-10(11)9-17-13-8-4-3-7-12(13)16-14(17)18/h1-2,5-6,12-13H,3-4,7-9H2,(H,16,18)/t12-,13+/m0/s1. The summed E-state index contributed by atoms with van der Waals surface area (Å²) in [5, 5.41) is 3.83. The van der Waals surface area contributed by atoms with E-state index in [-0.39, 0.29) is 6.03 Å². The Balaban J connectivity index is 1.79. The van der Waals surface area contributed by atoms with Crippen LogP contribution >= 0.6 is 11.6 Å². The molecule has 1 N–H and O–H groups in total. The summed E-state index contributed by atoms with van der Waals surface area (Å²) in [4.78, 5) is 14.0. The van der Waals surface area contributed by atoms with Crippen LogP contribution in [0.2, 0.25) is 5.02 Å². The van der Waals surface area contributed by atoms with E-state index in [9.17, 15) is 4.79 Å². The van der Waals surface area contributed by atoms with E-state index < -0.39 is 0 Å². The second-order valence-electron chi connectivity index (χ2n) is 5.13. The first-order chi connectivity index (χ1) is 8.75. The third-order valence-corrected chi connectivity index (χ3v) is 4.37. The van der Waals surface area contributed by atoms with Crippen molar-refractivity contribution in [1.82, 2.24) is 10.2 Å². The fraction of sp³-hybridized carbons (Fsp3) is 0.500. The molecule has 3 nitrogen and oxygen atoms in total. The first-order valence-corrected chi connectivity index (χ1v) is 6.94. The second kappa shape index (κ2) is 4.81. The quantitative estimate of drug-likeness (QED) is 0.874. The van der Waals surface area contributed by atoms with Gasteiger partial charge in [-0.15, -0.1) is 0 Å². The summed E-state index contributed by atoms with van der Waals surface area (Å²) in [6.45, 7) is 0.618. The van der Waals surface area contributed by atoms with Gasteiger partial charge in [-0.05, 0) is 24.5 Å². The van der Waals surface area contributed by atoms with Gasteiger partial charge in [0.1, 0.15) is 0 Å². The molecule has 1 aromatic carbocycles. The zero-order valence-electron chi connectivity index (χ0n) is 10.2. The topological polar surface area (TPSA) is 32.3 Å². The number of carbonyl (C=O) groups is 1. The summed E-state index contributed by atoms with van der Waals surface area (Å²) in [5.41, 5.74) is 1.03. The highest BCUT2D eigenvalue weighted by Gasteiger charge is 2.40. The molecule has 2 fully saturated rings. The van der Waals surface area contributed by atoms with E-state index in [1.807, 2.05) is 29.2 Å². The minimum atomic E-state index is 0.0619. The minimum Gasteiger partial charge on any atom is -0.333 e. The highest BCUT2D eigenvalue weighted by Crippen LogP contribution is 2.30. The van der Waals surface area contributed by atoms with Crippen molar-refractivity contribution in [2.24, 2.45) is 0 Å². The molecule has 1 heterocycles. The Labute approximate surface area is 112 Å². The highest BCUT2D eigenvalue weighted by molar-refractivity contribution is 6.31. The van der Waals surface area contributed by atoms with Crippen LogP contribution in [0.1, 0.15) is 31.2 Å². The number of carbonyl (C=O) groups excluding carboxylic acids is 1. The Morgan fingerprint density at radius 3 is 2.89 bits per heavy atom. The Hall–Kier alpha value is -1.22. The number of nitrogens with zero attached hydrogens (tertiary/aromatic N) is 1. The molecule has 96 valence electrons. The number of hydrogen-bond acceptors (Lipinski definition) is 1. The molecular formula is C14H17ClN2O. The molecule has 0 aromatic heterocycles. The van der Waals surface area contributed by atoms with Crippen LogP contribution in [0.5, 0.6) is 0 Å². The van der Waals surface area contributed by atoms with Crippen LogP contribution in [0.4, 0.5) is 4.79 Å². The second-order valence-corrected chi connectivity index (χ2v) is 5.53. The summed E-state index contributed by atoms with van der Waals surface area (Å²) in [6.07, 6.45) is 4.65. The Morgan fingerprint density at radius 1 is 1.28 bits per heavy atom. The lowest BCUT2D eigenvalue weighted by molar-refractivity contribution is 0.186. The molecule has 2 atom stereocenters. The lowest BCUT2D eigenvalue weighted by atomic mass is 9.91. The zero-order valence-corrected chi connectivity index (χ0v) is 11.0. The Morgan fingerprint density at radius 2 is 2.06 bits per heavy atom.